The van der Waals surface area contributed by atoms with Gasteiger partial charge >= 0.3 is 0 Å². The molecule has 0 aliphatic carbocycles. The quantitative estimate of drug-likeness (QED) is 0.831. The fraction of sp³-hybridized carbons (Fsp3) is 0.500. The first-order chi connectivity index (χ1) is 7.85. The smallest absolute Gasteiger partial charge is 0.142 e. The van der Waals surface area contributed by atoms with Crippen LogP contribution in [0, 0.1) is 0 Å². The molecular weight excluding hydrogens is 206 g/mol. The van der Waals surface area contributed by atoms with Crippen molar-refractivity contribution in [3.63, 3.8) is 0 Å². The third-order valence-electron chi connectivity index (χ3n) is 2.78. The Morgan fingerprint density at radius 1 is 1.38 bits per heavy atom. The van der Waals surface area contributed by atoms with Crippen LogP contribution < -0.4 is 9.64 Å². The lowest BCUT2D eigenvalue weighted by molar-refractivity contribution is 0.122. The van der Waals surface area contributed by atoms with Crippen LogP contribution in [0.5, 0.6) is 5.75 Å². The number of methoxy groups -OCH3 is 1. The highest BCUT2D eigenvalue weighted by Gasteiger charge is 2.15. The van der Waals surface area contributed by atoms with Crippen molar-refractivity contribution in [3.05, 3.63) is 23.8 Å². The van der Waals surface area contributed by atoms with Gasteiger partial charge in [-0.15, -0.1) is 0 Å². The largest absolute Gasteiger partial charge is 0.495 e. The topological polar surface area (TPSA) is 41.9 Å². The summed E-state index contributed by atoms with van der Waals surface area (Å²) < 4.78 is 10.7. The van der Waals surface area contributed by atoms with Crippen molar-refractivity contribution in [2.24, 2.45) is 0 Å². The Hall–Kier alpha value is -1.26. The average Bonchev–Trinajstić information content (AvgIpc) is 2.39. The molecule has 0 bridgehead atoms. The van der Waals surface area contributed by atoms with Gasteiger partial charge in [-0.1, -0.05) is 6.07 Å². The Kier molecular flexibility index (Phi) is 3.64. The number of aliphatic hydroxyl groups is 1. The molecule has 1 aliphatic rings. The molecule has 0 unspecified atom stereocenters. The lowest BCUT2D eigenvalue weighted by atomic mass is 10.1. The first-order valence-corrected chi connectivity index (χ1v) is 5.45. The minimum atomic E-state index is 0.0414. The van der Waals surface area contributed by atoms with Crippen molar-refractivity contribution in [1.82, 2.24) is 0 Å². The van der Waals surface area contributed by atoms with Gasteiger partial charge in [0.2, 0.25) is 0 Å². The number of aliphatic hydroxyl groups excluding tert-OH is 1. The molecule has 2 rings (SSSR count). The number of nitrogens with zero attached hydrogens (tertiary/aromatic N) is 1. The maximum atomic E-state index is 9.07. The van der Waals surface area contributed by atoms with E-state index in [1.165, 1.54) is 0 Å². The normalized spacial score (nSPS) is 16.2. The number of morpholine rings is 1. The van der Waals surface area contributed by atoms with Gasteiger partial charge in [0, 0.05) is 13.1 Å². The summed E-state index contributed by atoms with van der Waals surface area (Å²) in [6.45, 7) is 3.32. The summed E-state index contributed by atoms with van der Waals surface area (Å²) in [6.07, 6.45) is 0. The Balaban J connectivity index is 2.24. The zero-order valence-corrected chi connectivity index (χ0v) is 9.48. The number of hydrogen-bond acceptors (Lipinski definition) is 4. The summed E-state index contributed by atoms with van der Waals surface area (Å²) in [7, 11) is 1.65. The van der Waals surface area contributed by atoms with Crippen molar-refractivity contribution in [3.8, 4) is 5.75 Å². The Bertz CT molecular complexity index is 348. The molecule has 0 aromatic heterocycles. The van der Waals surface area contributed by atoms with E-state index in [2.05, 4.69) is 4.90 Å². The highest BCUT2D eigenvalue weighted by atomic mass is 16.5. The van der Waals surface area contributed by atoms with E-state index in [1.54, 1.807) is 7.11 Å². The predicted molar refractivity (Wildman–Crippen MR) is 61.9 cm³/mol. The summed E-state index contributed by atoms with van der Waals surface area (Å²) in [5, 5.41) is 9.07. The summed E-state index contributed by atoms with van der Waals surface area (Å²) in [5.74, 6) is 0.813. The van der Waals surface area contributed by atoms with Gasteiger partial charge in [-0.25, -0.2) is 0 Å². The summed E-state index contributed by atoms with van der Waals surface area (Å²) in [5.41, 5.74) is 1.94. The second-order valence-corrected chi connectivity index (χ2v) is 3.76. The van der Waals surface area contributed by atoms with E-state index in [0.29, 0.717) is 0 Å². The molecule has 16 heavy (non-hydrogen) atoms. The molecule has 1 saturated heterocycles. The van der Waals surface area contributed by atoms with E-state index in [0.717, 1.165) is 43.3 Å². The molecule has 0 saturated carbocycles. The van der Waals surface area contributed by atoms with E-state index in [-0.39, 0.29) is 6.61 Å². The molecule has 1 N–H and O–H groups in total. The van der Waals surface area contributed by atoms with E-state index >= 15 is 0 Å². The number of benzene rings is 1. The zero-order chi connectivity index (χ0) is 11.4. The van der Waals surface area contributed by atoms with Crippen LogP contribution in [0.15, 0.2) is 18.2 Å². The van der Waals surface area contributed by atoms with Crippen LogP contribution in [0.2, 0.25) is 0 Å². The lowest BCUT2D eigenvalue weighted by Gasteiger charge is -2.30. The van der Waals surface area contributed by atoms with Crippen molar-refractivity contribution in [1.29, 1.82) is 0 Å². The highest BCUT2D eigenvalue weighted by Crippen LogP contribution is 2.29. The highest BCUT2D eigenvalue weighted by molar-refractivity contribution is 5.60. The molecule has 4 heteroatoms. The van der Waals surface area contributed by atoms with Gasteiger partial charge in [0.15, 0.2) is 0 Å². The SMILES string of the molecule is COc1cc(CO)ccc1N1CCOCC1. The van der Waals surface area contributed by atoms with Gasteiger partial charge in [-0.3, -0.25) is 0 Å². The van der Waals surface area contributed by atoms with Gasteiger partial charge in [0.1, 0.15) is 5.75 Å². The van der Waals surface area contributed by atoms with E-state index < -0.39 is 0 Å². The Labute approximate surface area is 95.4 Å². The van der Waals surface area contributed by atoms with Crippen LogP contribution >= 0.6 is 0 Å². The lowest BCUT2D eigenvalue weighted by Crippen LogP contribution is -2.36. The molecule has 1 aromatic carbocycles. The number of ether oxygens (including phenoxy) is 2. The Morgan fingerprint density at radius 3 is 2.75 bits per heavy atom. The molecule has 1 fully saturated rings. The maximum absolute atomic E-state index is 9.07. The van der Waals surface area contributed by atoms with Crippen LogP contribution in [-0.4, -0.2) is 38.5 Å². The van der Waals surface area contributed by atoms with Gasteiger partial charge in [-0.2, -0.15) is 0 Å². The number of hydrogen-bond donors (Lipinski definition) is 1. The number of anilines is 1. The van der Waals surface area contributed by atoms with Crippen molar-refractivity contribution in [2.45, 2.75) is 6.61 Å². The van der Waals surface area contributed by atoms with Crippen molar-refractivity contribution < 1.29 is 14.6 Å². The van der Waals surface area contributed by atoms with Gasteiger partial charge in [0.05, 0.1) is 32.6 Å². The van der Waals surface area contributed by atoms with Crippen LogP contribution in [0.4, 0.5) is 5.69 Å². The first kappa shape index (κ1) is 11.2. The van der Waals surface area contributed by atoms with E-state index in [1.807, 2.05) is 18.2 Å². The maximum Gasteiger partial charge on any atom is 0.142 e. The third-order valence-corrected chi connectivity index (χ3v) is 2.78. The van der Waals surface area contributed by atoms with E-state index in [9.17, 15) is 0 Å². The minimum absolute atomic E-state index is 0.0414. The van der Waals surface area contributed by atoms with E-state index in [4.69, 9.17) is 14.6 Å². The summed E-state index contributed by atoms with van der Waals surface area (Å²) >= 11 is 0. The third kappa shape index (κ3) is 2.28. The molecular formula is C12H17NO3. The van der Waals surface area contributed by atoms with Gasteiger partial charge < -0.3 is 19.5 Å². The second-order valence-electron chi connectivity index (χ2n) is 3.76. The van der Waals surface area contributed by atoms with Crippen LogP contribution in [-0.2, 0) is 11.3 Å². The summed E-state index contributed by atoms with van der Waals surface area (Å²) in [4.78, 5) is 2.24. The van der Waals surface area contributed by atoms with Crippen molar-refractivity contribution >= 4 is 5.69 Å². The molecule has 0 spiro atoms. The molecule has 1 aliphatic heterocycles. The monoisotopic (exact) mass is 223 g/mol. The fourth-order valence-corrected chi connectivity index (χ4v) is 1.89. The molecule has 1 aromatic rings. The number of rotatable bonds is 3. The second kappa shape index (κ2) is 5.18. The zero-order valence-electron chi connectivity index (χ0n) is 9.48. The average molecular weight is 223 g/mol. The first-order valence-electron chi connectivity index (χ1n) is 5.45. The van der Waals surface area contributed by atoms with Gasteiger partial charge in [0.25, 0.3) is 0 Å². The molecule has 4 nitrogen and oxygen atoms in total. The van der Waals surface area contributed by atoms with Crippen LogP contribution in [0.1, 0.15) is 5.56 Å². The van der Waals surface area contributed by atoms with Crippen LogP contribution in [0.25, 0.3) is 0 Å². The summed E-state index contributed by atoms with van der Waals surface area (Å²) in [6, 6.07) is 5.80. The fourth-order valence-electron chi connectivity index (χ4n) is 1.89. The van der Waals surface area contributed by atoms with Crippen molar-refractivity contribution in [2.75, 3.05) is 38.3 Å². The minimum Gasteiger partial charge on any atom is -0.495 e. The van der Waals surface area contributed by atoms with Crippen LogP contribution in [0.3, 0.4) is 0 Å². The molecule has 0 amide bonds. The standard InChI is InChI=1S/C12H17NO3/c1-15-12-8-10(9-14)2-3-11(12)13-4-6-16-7-5-13/h2-3,8,14H,4-7,9H2,1H3. The molecule has 88 valence electrons. The Morgan fingerprint density at radius 2 is 2.12 bits per heavy atom. The molecule has 0 atom stereocenters. The predicted octanol–water partition coefficient (Wildman–Crippen LogP) is 1.02. The molecule has 1 heterocycles. The van der Waals surface area contributed by atoms with Gasteiger partial charge in [-0.05, 0) is 17.7 Å². The molecule has 0 radical (unpaired) electrons.